The van der Waals surface area contributed by atoms with Gasteiger partial charge in [-0.25, -0.2) is 5.10 Å². The molecule has 1 saturated heterocycles. The number of benzene rings is 1. The fourth-order valence-corrected chi connectivity index (χ4v) is 6.21. The van der Waals surface area contributed by atoms with E-state index in [1.54, 1.807) is 12.1 Å². The number of hydrogen-bond acceptors (Lipinski definition) is 7. The Labute approximate surface area is 227 Å². The van der Waals surface area contributed by atoms with Gasteiger partial charge < -0.3 is 15.0 Å². The first-order valence-corrected chi connectivity index (χ1v) is 14.1. The van der Waals surface area contributed by atoms with Crippen molar-refractivity contribution in [2.24, 2.45) is 5.92 Å². The van der Waals surface area contributed by atoms with Gasteiger partial charge in [0.15, 0.2) is 0 Å². The van der Waals surface area contributed by atoms with Gasteiger partial charge in [-0.3, -0.25) is 14.6 Å². The van der Waals surface area contributed by atoms with Gasteiger partial charge >= 0.3 is 4.87 Å². The zero-order chi connectivity index (χ0) is 26.8. The lowest BCUT2D eigenvalue weighted by molar-refractivity contribution is 0.0935. The number of rotatable bonds is 8. The fraction of sp³-hybridized carbons (Fsp3) is 0.448. The van der Waals surface area contributed by atoms with E-state index in [-0.39, 0.29) is 22.7 Å². The molecule has 1 aromatic carbocycles. The maximum absolute atomic E-state index is 13.0. The van der Waals surface area contributed by atoms with Crippen LogP contribution < -0.4 is 14.9 Å². The van der Waals surface area contributed by atoms with Gasteiger partial charge in [0.1, 0.15) is 17.4 Å². The first kappa shape index (κ1) is 26.3. The van der Waals surface area contributed by atoms with Gasteiger partial charge in [-0.05, 0) is 79.3 Å². The van der Waals surface area contributed by atoms with Crippen molar-refractivity contribution in [2.45, 2.75) is 58.1 Å². The molecule has 2 aliphatic rings. The molecule has 2 N–H and O–H groups in total. The Morgan fingerprint density at radius 3 is 2.76 bits per heavy atom. The monoisotopic (exact) mass is 533 g/mol. The quantitative estimate of drug-likeness (QED) is 0.447. The summed E-state index contributed by atoms with van der Waals surface area (Å²) in [6.07, 6.45) is 6.28. The molecule has 1 aliphatic heterocycles. The van der Waals surface area contributed by atoms with Crippen LogP contribution in [0, 0.1) is 5.92 Å². The van der Waals surface area contributed by atoms with Gasteiger partial charge in [-0.15, -0.1) is 0 Å². The molecule has 3 aromatic rings. The summed E-state index contributed by atoms with van der Waals surface area (Å²) in [7, 11) is 2.00. The number of amides is 1. The first-order chi connectivity index (χ1) is 18.3. The van der Waals surface area contributed by atoms with Crippen LogP contribution in [0.2, 0.25) is 0 Å². The minimum absolute atomic E-state index is 0.0142. The number of hydrogen-bond donors (Lipinski definition) is 2. The number of aromatic amines is 1. The molecular formula is C29H35N5O3S. The van der Waals surface area contributed by atoms with E-state index in [4.69, 9.17) is 9.72 Å². The predicted molar refractivity (Wildman–Crippen MR) is 150 cm³/mol. The minimum atomic E-state index is -0.176. The zero-order valence-electron chi connectivity index (χ0n) is 22.4. The Bertz CT molecular complexity index is 1380. The molecule has 38 heavy (non-hydrogen) atoms. The summed E-state index contributed by atoms with van der Waals surface area (Å²) >= 11 is 1.11. The molecule has 0 spiro atoms. The molecule has 1 fully saturated rings. The number of allylic oxidation sites excluding steroid dienone is 1. The SMILES string of the molecule is CC(C)Cc1cc(COc2ccc(C(=O)NC3CN(C)C[C@@H]3c3n[nH]c(=O)s3)cc2)c2c(n1)C=CCC2C. The lowest BCUT2D eigenvalue weighted by Gasteiger charge is -2.23. The normalized spacial score (nSPS) is 21.0. The van der Waals surface area contributed by atoms with Gasteiger partial charge in [0.2, 0.25) is 0 Å². The highest BCUT2D eigenvalue weighted by atomic mass is 32.1. The number of nitrogens with zero attached hydrogens (tertiary/aromatic N) is 3. The highest BCUT2D eigenvalue weighted by Crippen LogP contribution is 2.33. The van der Waals surface area contributed by atoms with Gasteiger partial charge in [0, 0.05) is 30.3 Å². The van der Waals surface area contributed by atoms with Crippen LogP contribution in [0.4, 0.5) is 0 Å². The van der Waals surface area contributed by atoms with Crippen molar-refractivity contribution in [2.75, 3.05) is 20.1 Å². The second kappa shape index (κ2) is 11.2. The first-order valence-electron chi connectivity index (χ1n) is 13.2. The highest BCUT2D eigenvalue weighted by molar-refractivity contribution is 7.08. The fourth-order valence-electron chi connectivity index (χ4n) is 5.44. The van der Waals surface area contributed by atoms with Crippen molar-refractivity contribution < 1.29 is 9.53 Å². The van der Waals surface area contributed by atoms with Crippen molar-refractivity contribution in [3.63, 3.8) is 0 Å². The average molecular weight is 534 g/mol. The van der Waals surface area contributed by atoms with Crippen LogP contribution in [0.5, 0.6) is 5.75 Å². The third kappa shape index (κ3) is 5.89. The van der Waals surface area contributed by atoms with E-state index in [1.807, 2.05) is 19.2 Å². The average Bonchev–Trinajstić information content (AvgIpc) is 3.47. The number of ether oxygens (including phenoxy) is 1. The van der Waals surface area contributed by atoms with E-state index < -0.39 is 0 Å². The summed E-state index contributed by atoms with van der Waals surface area (Å²) in [6, 6.07) is 9.36. The third-order valence-corrected chi connectivity index (χ3v) is 8.08. The molecule has 0 radical (unpaired) electrons. The largest absolute Gasteiger partial charge is 0.489 e. The van der Waals surface area contributed by atoms with Crippen LogP contribution in [0.3, 0.4) is 0 Å². The molecule has 3 heterocycles. The Morgan fingerprint density at radius 2 is 2.05 bits per heavy atom. The number of likely N-dealkylation sites (tertiary alicyclic amines) is 1. The third-order valence-electron chi connectivity index (χ3n) is 7.20. The molecule has 9 heteroatoms. The van der Waals surface area contributed by atoms with Crippen molar-refractivity contribution in [1.29, 1.82) is 0 Å². The summed E-state index contributed by atoms with van der Waals surface area (Å²) in [4.78, 5) is 31.5. The van der Waals surface area contributed by atoms with Crippen molar-refractivity contribution in [1.82, 2.24) is 25.4 Å². The predicted octanol–water partition coefficient (Wildman–Crippen LogP) is 4.35. The summed E-state index contributed by atoms with van der Waals surface area (Å²) in [5.74, 6) is 1.49. The van der Waals surface area contributed by atoms with Gasteiger partial charge in [0.25, 0.3) is 5.91 Å². The summed E-state index contributed by atoms with van der Waals surface area (Å²) in [6.45, 7) is 8.56. The molecule has 5 rings (SSSR count). The van der Waals surface area contributed by atoms with Crippen molar-refractivity contribution in [3.05, 3.63) is 79.2 Å². The van der Waals surface area contributed by atoms with Crippen molar-refractivity contribution in [3.8, 4) is 5.75 Å². The smallest absolute Gasteiger partial charge is 0.322 e. The minimum Gasteiger partial charge on any atom is -0.489 e. The van der Waals surface area contributed by atoms with Crippen LogP contribution in [0.1, 0.15) is 76.9 Å². The number of nitrogens with one attached hydrogen (secondary N) is 2. The van der Waals surface area contributed by atoms with Crippen LogP contribution in [0.15, 0.2) is 41.2 Å². The van der Waals surface area contributed by atoms with E-state index in [2.05, 4.69) is 59.4 Å². The summed E-state index contributed by atoms with van der Waals surface area (Å²) in [5, 5.41) is 10.5. The second-order valence-electron chi connectivity index (χ2n) is 10.9. The van der Waals surface area contributed by atoms with E-state index in [0.29, 0.717) is 30.6 Å². The Morgan fingerprint density at radius 1 is 1.26 bits per heavy atom. The van der Waals surface area contributed by atoms with Gasteiger partial charge in [-0.1, -0.05) is 38.2 Å². The number of likely N-dealkylation sites (N-methyl/N-ethyl adjacent to an activating group) is 1. The second-order valence-corrected chi connectivity index (χ2v) is 11.9. The number of pyridine rings is 1. The Kier molecular flexibility index (Phi) is 7.76. The Balaban J connectivity index is 1.26. The number of aromatic nitrogens is 3. The molecule has 1 aliphatic carbocycles. The zero-order valence-corrected chi connectivity index (χ0v) is 23.2. The summed E-state index contributed by atoms with van der Waals surface area (Å²) in [5.41, 5.74) is 5.18. The van der Waals surface area contributed by atoms with Crippen LogP contribution in [0.25, 0.3) is 6.08 Å². The van der Waals surface area contributed by atoms with E-state index in [1.165, 1.54) is 11.1 Å². The van der Waals surface area contributed by atoms with E-state index in [9.17, 15) is 9.59 Å². The van der Waals surface area contributed by atoms with Crippen molar-refractivity contribution >= 4 is 23.3 Å². The summed E-state index contributed by atoms with van der Waals surface area (Å²) < 4.78 is 6.20. The molecule has 200 valence electrons. The molecule has 2 unspecified atom stereocenters. The topological polar surface area (TPSA) is 100 Å². The molecule has 0 bridgehead atoms. The standard InChI is InChI=1S/C29H35N5O3S/c1-17(2)12-21-13-20(26-18(3)6-5-7-24(26)30-21)16-37-22-10-8-19(9-11-22)27(35)31-25-15-34(4)14-23(25)28-32-33-29(36)38-28/h5,7-11,13,17-18,23,25H,6,12,14-16H2,1-4H3,(H,31,35)(H,33,36)/t18?,23-,25?/m0/s1. The lowest BCUT2D eigenvalue weighted by atomic mass is 9.87. The number of fused-ring (bicyclic) bond motifs is 1. The van der Waals surface area contributed by atoms with E-state index >= 15 is 0 Å². The molecule has 2 aromatic heterocycles. The number of carbonyl (C=O) groups is 1. The van der Waals surface area contributed by atoms with Crippen LogP contribution >= 0.6 is 11.3 Å². The maximum Gasteiger partial charge on any atom is 0.322 e. The molecular weight excluding hydrogens is 498 g/mol. The van der Waals surface area contributed by atoms with Crippen LogP contribution in [-0.4, -0.2) is 52.2 Å². The van der Waals surface area contributed by atoms with Gasteiger partial charge in [0.05, 0.1) is 11.7 Å². The van der Waals surface area contributed by atoms with Gasteiger partial charge in [-0.2, -0.15) is 5.10 Å². The number of H-pyrrole nitrogens is 1. The number of carbonyl (C=O) groups excluding carboxylic acids is 1. The lowest BCUT2D eigenvalue weighted by Crippen LogP contribution is -2.39. The van der Waals surface area contributed by atoms with Crippen LogP contribution in [-0.2, 0) is 13.0 Å². The Hall–Kier alpha value is -3.30. The highest BCUT2D eigenvalue weighted by Gasteiger charge is 2.35. The maximum atomic E-state index is 13.0. The van der Waals surface area contributed by atoms with E-state index in [0.717, 1.165) is 52.9 Å². The molecule has 3 atom stereocenters. The molecule has 8 nitrogen and oxygen atoms in total. The molecule has 1 amide bonds. The molecule has 0 saturated carbocycles.